The summed E-state index contributed by atoms with van der Waals surface area (Å²) in [5.41, 5.74) is 6.01. The first kappa shape index (κ1) is 17.7. The number of carbonyl (C=O) groups is 1. The number of nitrogens with two attached hydrogens (primary N) is 1. The highest BCUT2D eigenvalue weighted by atomic mass is 35.5. The summed E-state index contributed by atoms with van der Waals surface area (Å²) in [7, 11) is 0. The van der Waals surface area contributed by atoms with Crippen LogP contribution in [-0.4, -0.2) is 31.2 Å². The molecule has 0 radical (unpaired) electrons. The Bertz CT molecular complexity index is 306. The minimum absolute atomic E-state index is 0. The van der Waals surface area contributed by atoms with E-state index in [1.165, 1.54) is 19.3 Å². The molecule has 3 N–H and O–H groups in total. The average Bonchev–Trinajstić information content (AvgIpc) is 2.39. The molecule has 1 amide bonds. The van der Waals surface area contributed by atoms with Crippen molar-refractivity contribution in [1.82, 2.24) is 5.32 Å². The van der Waals surface area contributed by atoms with E-state index in [1.54, 1.807) is 0 Å². The maximum atomic E-state index is 12.2. The van der Waals surface area contributed by atoms with Crippen molar-refractivity contribution in [3.63, 3.8) is 0 Å². The van der Waals surface area contributed by atoms with Gasteiger partial charge in [-0.2, -0.15) is 0 Å². The molecule has 1 saturated carbocycles. The van der Waals surface area contributed by atoms with Gasteiger partial charge in [-0.05, 0) is 44.6 Å². The second kappa shape index (κ2) is 8.20. The molecule has 2 aliphatic rings. The summed E-state index contributed by atoms with van der Waals surface area (Å²) in [5.74, 6) is 0.187. The van der Waals surface area contributed by atoms with Crippen molar-refractivity contribution in [2.24, 2.45) is 11.1 Å². The van der Waals surface area contributed by atoms with Gasteiger partial charge in [-0.15, -0.1) is 12.4 Å². The highest BCUT2D eigenvalue weighted by molar-refractivity contribution is 5.85. The summed E-state index contributed by atoms with van der Waals surface area (Å²) < 4.78 is 5.51. The number of rotatable bonds is 4. The van der Waals surface area contributed by atoms with Gasteiger partial charge in [0.15, 0.2) is 0 Å². The Morgan fingerprint density at radius 3 is 2.65 bits per heavy atom. The second-order valence-corrected chi connectivity index (χ2v) is 6.41. The van der Waals surface area contributed by atoms with E-state index in [-0.39, 0.29) is 35.9 Å². The predicted molar refractivity (Wildman–Crippen MR) is 83.0 cm³/mol. The molecule has 20 heavy (non-hydrogen) atoms. The van der Waals surface area contributed by atoms with E-state index in [2.05, 4.69) is 12.2 Å². The van der Waals surface area contributed by atoms with Gasteiger partial charge in [-0.1, -0.05) is 19.3 Å². The van der Waals surface area contributed by atoms with Crippen molar-refractivity contribution < 1.29 is 9.53 Å². The van der Waals surface area contributed by atoms with Crippen LogP contribution in [0, 0.1) is 5.41 Å². The molecule has 2 unspecified atom stereocenters. The number of ether oxygens (including phenoxy) is 1. The topological polar surface area (TPSA) is 64.4 Å². The summed E-state index contributed by atoms with van der Waals surface area (Å²) in [5, 5.41) is 3.18. The number of hydrogen-bond donors (Lipinski definition) is 2. The minimum Gasteiger partial charge on any atom is -0.378 e. The standard InChI is InChI=1S/C15H28N2O2.ClH/c1-12-9-13(5-8-19-12)17-14(18)10-15(11-16)6-3-2-4-7-15;/h12-13H,2-11,16H2,1H3,(H,17,18);1H. The summed E-state index contributed by atoms with van der Waals surface area (Å²) in [6.07, 6.45) is 8.69. The Morgan fingerprint density at radius 2 is 2.05 bits per heavy atom. The molecular formula is C15H29ClN2O2. The van der Waals surface area contributed by atoms with Crippen LogP contribution >= 0.6 is 12.4 Å². The highest BCUT2D eigenvalue weighted by Gasteiger charge is 2.33. The van der Waals surface area contributed by atoms with Gasteiger partial charge in [0.05, 0.1) is 6.10 Å². The quantitative estimate of drug-likeness (QED) is 0.838. The second-order valence-electron chi connectivity index (χ2n) is 6.41. The van der Waals surface area contributed by atoms with Crippen molar-refractivity contribution in [3.05, 3.63) is 0 Å². The van der Waals surface area contributed by atoms with Gasteiger partial charge in [0.1, 0.15) is 0 Å². The fourth-order valence-corrected chi connectivity index (χ4v) is 3.50. The number of nitrogens with one attached hydrogen (secondary N) is 1. The van der Waals surface area contributed by atoms with Crippen LogP contribution in [0.25, 0.3) is 0 Å². The third kappa shape index (κ3) is 4.90. The number of halogens is 1. The van der Waals surface area contributed by atoms with E-state index in [0.717, 1.165) is 32.3 Å². The van der Waals surface area contributed by atoms with Crippen LogP contribution in [0.15, 0.2) is 0 Å². The molecule has 0 aromatic rings. The lowest BCUT2D eigenvalue weighted by Gasteiger charge is -2.36. The number of amides is 1. The van der Waals surface area contributed by atoms with Gasteiger partial charge in [0.25, 0.3) is 0 Å². The smallest absolute Gasteiger partial charge is 0.220 e. The first-order valence-corrected chi connectivity index (χ1v) is 7.75. The maximum absolute atomic E-state index is 12.2. The van der Waals surface area contributed by atoms with E-state index < -0.39 is 0 Å². The maximum Gasteiger partial charge on any atom is 0.220 e. The first-order chi connectivity index (χ1) is 9.13. The Hall–Kier alpha value is -0.320. The van der Waals surface area contributed by atoms with E-state index in [4.69, 9.17) is 10.5 Å². The van der Waals surface area contributed by atoms with Gasteiger partial charge >= 0.3 is 0 Å². The molecule has 1 saturated heterocycles. The first-order valence-electron chi connectivity index (χ1n) is 7.75. The van der Waals surface area contributed by atoms with E-state index in [9.17, 15) is 4.79 Å². The van der Waals surface area contributed by atoms with Crippen LogP contribution in [0.3, 0.4) is 0 Å². The Balaban J connectivity index is 0.00000200. The Morgan fingerprint density at radius 1 is 1.35 bits per heavy atom. The van der Waals surface area contributed by atoms with Gasteiger partial charge < -0.3 is 15.8 Å². The van der Waals surface area contributed by atoms with Crippen molar-refractivity contribution in [1.29, 1.82) is 0 Å². The van der Waals surface area contributed by atoms with Crippen LogP contribution in [0.1, 0.15) is 58.3 Å². The van der Waals surface area contributed by atoms with E-state index in [0.29, 0.717) is 13.0 Å². The summed E-state index contributed by atoms with van der Waals surface area (Å²) in [4.78, 5) is 12.2. The van der Waals surface area contributed by atoms with Crippen LogP contribution in [0.2, 0.25) is 0 Å². The zero-order valence-corrected chi connectivity index (χ0v) is 13.3. The monoisotopic (exact) mass is 304 g/mol. The molecule has 0 bridgehead atoms. The molecule has 0 aromatic heterocycles. The molecule has 2 atom stereocenters. The summed E-state index contributed by atoms with van der Waals surface area (Å²) >= 11 is 0. The molecule has 1 aliphatic carbocycles. The highest BCUT2D eigenvalue weighted by Crippen LogP contribution is 2.38. The average molecular weight is 305 g/mol. The Labute approximate surface area is 128 Å². The zero-order valence-electron chi connectivity index (χ0n) is 12.5. The van der Waals surface area contributed by atoms with Gasteiger partial charge in [0, 0.05) is 19.1 Å². The van der Waals surface area contributed by atoms with E-state index in [1.807, 2.05) is 0 Å². The molecule has 2 fully saturated rings. The van der Waals surface area contributed by atoms with Crippen molar-refractivity contribution in [3.8, 4) is 0 Å². The Kier molecular flexibility index (Phi) is 7.27. The van der Waals surface area contributed by atoms with Gasteiger partial charge in [-0.3, -0.25) is 4.79 Å². The van der Waals surface area contributed by atoms with Crippen molar-refractivity contribution in [2.75, 3.05) is 13.2 Å². The third-order valence-electron chi connectivity index (χ3n) is 4.73. The molecule has 2 rings (SSSR count). The third-order valence-corrected chi connectivity index (χ3v) is 4.73. The molecule has 118 valence electrons. The molecule has 1 aliphatic heterocycles. The fraction of sp³-hybridized carbons (Fsp3) is 0.933. The van der Waals surface area contributed by atoms with Gasteiger partial charge in [-0.25, -0.2) is 0 Å². The molecule has 5 heteroatoms. The number of carbonyl (C=O) groups excluding carboxylic acids is 1. The minimum atomic E-state index is 0. The lowest BCUT2D eigenvalue weighted by atomic mass is 9.71. The van der Waals surface area contributed by atoms with E-state index >= 15 is 0 Å². The normalized spacial score (nSPS) is 29.3. The largest absolute Gasteiger partial charge is 0.378 e. The SMILES string of the molecule is CC1CC(NC(=O)CC2(CN)CCCCC2)CCO1.Cl. The molecule has 0 spiro atoms. The fourth-order valence-electron chi connectivity index (χ4n) is 3.50. The van der Waals surface area contributed by atoms with Crippen LogP contribution < -0.4 is 11.1 Å². The lowest BCUT2D eigenvalue weighted by Crippen LogP contribution is -2.44. The molecule has 0 aromatic carbocycles. The molecule has 1 heterocycles. The van der Waals surface area contributed by atoms with Crippen molar-refractivity contribution >= 4 is 18.3 Å². The lowest BCUT2D eigenvalue weighted by molar-refractivity contribution is -0.125. The van der Waals surface area contributed by atoms with Crippen LogP contribution in [-0.2, 0) is 9.53 Å². The summed E-state index contributed by atoms with van der Waals surface area (Å²) in [6.45, 7) is 3.47. The van der Waals surface area contributed by atoms with Crippen LogP contribution in [0.4, 0.5) is 0 Å². The number of hydrogen-bond acceptors (Lipinski definition) is 3. The zero-order chi connectivity index (χ0) is 13.7. The summed E-state index contributed by atoms with van der Waals surface area (Å²) in [6, 6.07) is 0.287. The van der Waals surface area contributed by atoms with Crippen LogP contribution in [0.5, 0.6) is 0 Å². The molecule has 4 nitrogen and oxygen atoms in total. The predicted octanol–water partition coefficient (Wildman–Crippen LogP) is 2.39. The molecular weight excluding hydrogens is 276 g/mol. The van der Waals surface area contributed by atoms with Crippen molar-refractivity contribution in [2.45, 2.75) is 70.4 Å². The van der Waals surface area contributed by atoms with Gasteiger partial charge in [0.2, 0.25) is 5.91 Å².